The molecule has 21 heavy (non-hydrogen) atoms. The van der Waals surface area contributed by atoms with Crippen molar-refractivity contribution in [2.75, 3.05) is 0 Å². The number of alkyl halides is 2. The molecule has 0 bridgehead atoms. The number of amides is 1. The van der Waals surface area contributed by atoms with Crippen molar-refractivity contribution in [1.82, 2.24) is 5.32 Å². The molecular weight excluding hydrogens is 282 g/mol. The van der Waals surface area contributed by atoms with Gasteiger partial charge in [-0.15, -0.1) is 0 Å². The lowest BCUT2D eigenvalue weighted by molar-refractivity contribution is -0.0504. The molecule has 2 rings (SSSR count). The Balaban J connectivity index is 2.01. The van der Waals surface area contributed by atoms with E-state index in [0.717, 1.165) is 0 Å². The summed E-state index contributed by atoms with van der Waals surface area (Å²) < 4.78 is 34.1. The number of nitrogens with one attached hydrogen (secondary N) is 1. The number of para-hydroxylation sites is 1. The Morgan fingerprint density at radius 1 is 1.29 bits per heavy atom. The van der Waals surface area contributed by atoms with Crippen molar-refractivity contribution in [2.24, 2.45) is 5.73 Å². The lowest BCUT2D eigenvalue weighted by Crippen LogP contribution is -2.22. The molecule has 0 fully saturated rings. The number of rotatable bonds is 6. The highest BCUT2D eigenvalue weighted by Gasteiger charge is 2.13. The van der Waals surface area contributed by atoms with Crippen molar-refractivity contribution in [1.29, 1.82) is 0 Å². The largest absolute Gasteiger partial charge is 0.455 e. The van der Waals surface area contributed by atoms with Crippen LogP contribution in [0.2, 0.25) is 0 Å². The van der Waals surface area contributed by atoms with Crippen LogP contribution in [-0.4, -0.2) is 12.5 Å². The minimum atomic E-state index is -2.92. The van der Waals surface area contributed by atoms with Crippen LogP contribution in [-0.2, 0) is 13.1 Å². The summed E-state index contributed by atoms with van der Waals surface area (Å²) in [5.74, 6) is 0.167. The Morgan fingerprint density at radius 2 is 2.05 bits per heavy atom. The third-order valence-electron chi connectivity index (χ3n) is 2.71. The maximum Gasteiger partial charge on any atom is 0.387 e. The summed E-state index contributed by atoms with van der Waals surface area (Å²) >= 11 is 0. The van der Waals surface area contributed by atoms with Crippen LogP contribution in [0.1, 0.15) is 21.9 Å². The summed E-state index contributed by atoms with van der Waals surface area (Å²) in [6.45, 7) is -2.68. The van der Waals surface area contributed by atoms with Gasteiger partial charge in [0, 0.05) is 12.1 Å². The average molecular weight is 296 g/mol. The van der Waals surface area contributed by atoms with E-state index in [9.17, 15) is 13.6 Å². The molecule has 0 unspecified atom stereocenters. The van der Waals surface area contributed by atoms with E-state index in [1.54, 1.807) is 24.3 Å². The van der Waals surface area contributed by atoms with Crippen LogP contribution in [0, 0.1) is 0 Å². The van der Waals surface area contributed by atoms with Crippen molar-refractivity contribution in [3.63, 3.8) is 0 Å². The molecule has 1 heterocycles. The average Bonchev–Trinajstić information content (AvgIpc) is 2.94. The topological polar surface area (TPSA) is 77.5 Å². The molecule has 2 aromatic rings. The lowest BCUT2D eigenvalue weighted by Gasteiger charge is -2.10. The van der Waals surface area contributed by atoms with E-state index in [-0.39, 0.29) is 24.6 Å². The van der Waals surface area contributed by atoms with Gasteiger partial charge in [0.25, 0.3) is 5.91 Å². The van der Waals surface area contributed by atoms with E-state index < -0.39 is 12.5 Å². The number of ether oxygens (including phenoxy) is 1. The molecule has 0 atom stereocenters. The van der Waals surface area contributed by atoms with E-state index >= 15 is 0 Å². The Bertz CT molecular complexity index is 614. The van der Waals surface area contributed by atoms with Crippen molar-refractivity contribution in [3.8, 4) is 5.75 Å². The van der Waals surface area contributed by atoms with Crippen LogP contribution in [0.3, 0.4) is 0 Å². The Kier molecular flexibility index (Phi) is 4.89. The van der Waals surface area contributed by atoms with Crippen LogP contribution in [0.4, 0.5) is 8.78 Å². The molecule has 0 aliphatic heterocycles. The minimum Gasteiger partial charge on any atom is -0.455 e. The summed E-state index contributed by atoms with van der Waals surface area (Å²) in [5, 5.41) is 2.57. The van der Waals surface area contributed by atoms with E-state index in [0.29, 0.717) is 11.3 Å². The Hall–Kier alpha value is -2.41. The zero-order chi connectivity index (χ0) is 15.2. The number of benzene rings is 1. The van der Waals surface area contributed by atoms with Gasteiger partial charge in [-0.3, -0.25) is 4.79 Å². The highest BCUT2D eigenvalue weighted by molar-refractivity contribution is 5.91. The Morgan fingerprint density at radius 3 is 2.71 bits per heavy atom. The van der Waals surface area contributed by atoms with E-state index in [2.05, 4.69) is 10.1 Å². The molecule has 0 saturated carbocycles. The van der Waals surface area contributed by atoms with Gasteiger partial charge in [0.05, 0.1) is 6.54 Å². The minimum absolute atomic E-state index is 0.0230. The molecule has 0 aliphatic carbocycles. The highest BCUT2D eigenvalue weighted by atomic mass is 19.3. The fourth-order valence-electron chi connectivity index (χ4n) is 1.73. The van der Waals surface area contributed by atoms with Crippen LogP contribution >= 0.6 is 0 Å². The molecule has 0 saturated heterocycles. The van der Waals surface area contributed by atoms with Gasteiger partial charge in [-0.05, 0) is 18.2 Å². The van der Waals surface area contributed by atoms with Gasteiger partial charge in [0.15, 0.2) is 5.76 Å². The predicted molar refractivity (Wildman–Crippen MR) is 70.8 cm³/mol. The summed E-state index contributed by atoms with van der Waals surface area (Å²) in [6.07, 6.45) is 0. The number of nitrogens with two attached hydrogens (primary N) is 1. The zero-order valence-corrected chi connectivity index (χ0v) is 11.0. The van der Waals surface area contributed by atoms with Crippen molar-refractivity contribution >= 4 is 5.91 Å². The fraction of sp³-hybridized carbons (Fsp3) is 0.214. The summed E-state index contributed by atoms with van der Waals surface area (Å²) in [5.41, 5.74) is 5.82. The zero-order valence-electron chi connectivity index (χ0n) is 11.0. The first-order valence-electron chi connectivity index (χ1n) is 6.20. The molecule has 3 N–H and O–H groups in total. The van der Waals surface area contributed by atoms with E-state index in [1.165, 1.54) is 12.1 Å². The first-order chi connectivity index (χ1) is 10.1. The standard InChI is InChI=1S/C14H14F2N2O3/c15-14(16)21-11-4-2-1-3-9(11)8-18-13(19)12-6-5-10(7-17)20-12/h1-6,14H,7-8,17H2,(H,18,19). The molecule has 0 spiro atoms. The monoisotopic (exact) mass is 296 g/mol. The molecule has 1 aromatic carbocycles. The van der Waals surface area contributed by atoms with E-state index in [4.69, 9.17) is 10.2 Å². The van der Waals surface area contributed by atoms with Gasteiger partial charge in [0.2, 0.25) is 0 Å². The number of furan rings is 1. The van der Waals surface area contributed by atoms with Crippen LogP contribution in [0.15, 0.2) is 40.8 Å². The molecule has 0 radical (unpaired) electrons. The van der Waals surface area contributed by atoms with Crippen LogP contribution in [0.25, 0.3) is 0 Å². The molecule has 5 nitrogen and oxygen atoms in total. The second-order valence-electron chi connectivity index (χ2n) is 4.14. The summed E-state index contributed by atoms with van der Waals surface area (Å²) in [7, 11) is 0. The van der Waals surface area contributed by atoms with Crippen LogP contribution in [0.5, 0.6) is 5.75 Å². The maximum atomic E-state index is 12.3. The number of hydrogen-bond acceptors (Lipinski definition) is 4. The molecular formula is C14H14F2N2O3. The third kappa shape index (κ3) is 4.03. The lowest BCUT2D eigenvalue weighted by atomic mass is 10.2. The Labute approximate surface area is 119 Å². The van der Waals surface area contributed by atoms with Crippen molar-refractivity contribution in [3.05, 3.63) is 53.5 Å². The molecule has 112 valence electrons. The van der Waals surface area contributed by atoms with E-state index in [1.807, 2.05) is 0 Å². The summed E-state index contributed by atoms with van der Waals surface area (Å²) in [4.78, 5) is 11.8. The number of halogens is 2. The quantitative estimate of drug-likeness (QED) is 0.857. The first kappa shape index (κ1) is 15.0. The van der Waals surface area contributed by atoms with Crippen LogP contribution < -0.4 is 15.8 Å². The molecule has 0 aliphatic rings. The fourth-order valence-corrected chi connectivity index (χ4v) is 1.73. The summed E-state index contributed by atoms with van der Waals surface area (Å²) in [6, 6.07) is 9.34. The predicted octanol–water partition coefficient (Wildman–Crippen LogP) is 2.27. The number of hydrogen-bond donors (Lipinski definition) is 2. The van der Waals surface area contributed by atoms with Gasteiger partial charge >= 0.3 is 6.61 Å². The number of carbonyl (C=O) groups excluding carboxylic acids is 1. The van der Waals surface area contributed by atoms with Gasteiger partial charge in [-0.2, -0.15) is 8.78 Å². The van der Waals surface area contributed by atoms with Gasteiger partial charge in [0.1, 0.15) is 11.5 Å². The van der Waals surface area contributed by atoms with Gasteiger partial charge in [-0.25, -0.2) is 0 Å². The molecule has 1 aromatic heterocycles. The van der Waals surface area contributed by atoms with Gasteiger partial charge < -0.3 is 20.2 Å². The third-order valence-corrected chi connectivity index (χ3v) is 2.71. The highest BCUT2D eigenvalue weighted by Crippen LogP contribution is 2.20. The normalized spacial score (nSPS) is 10.7. The first-order valence-corrected chi connectivity index (χ1v) is 6.20. The maximum absolute atomic E-state index is 12.3. The van der Waals surface area contributed by atoms with Crippen molar-refractivity contribution < 1.29 is 22.7 Å². The molecule has 7 heteroatoms. The smallest absolute Gasteiger partial charge is 0.387 e. The number of carbonyl (C=O) groups is 1. The van der Waals surface area contributed by atoms with Crippen molar-refractivity contribution in [2.45, 2.75) is 19.7 Å². The second-order valence-corrected chi connectivity index (χ2v) is 4.14. The van der Waals surface area contributed by atoms with Gasteiger partial charge in [-0.1, -0.05) is 18.2 Å². The molecule has 1 amide bonds. The SMILES string of the molecule is NCc1ccc(C(=O)NCc2ccccc2OC(F)F)o1. The second kappa shape index (κ2) is 6.85.